The van der Waals surface area contributed by atoms with Gasteiger partial charge in [-0.3, -0.25) is 0 Å². The Morgan fingerprint density at radius 1 is 1.38 bits per heavy atom. The first-order valence-electron chi connectivity index (χ1n) is 5.37. The molecule has 0 radical (unpaired) electrons. The standard InChI is InChI=1S/C12H21N/c1-3-4-10-13(2)11-12-8-6-5-7-9-12/h6,8-9H,3-5,7,10-11H2,1-2H3. The topological polar surface area (TPSA) is 3.24 Å². The Balaban J connectivity index is 2.22. The van der Waals surface area contributed by atoms with Crippen LogP contribution in [0.15, 0.2) is 23.8 Å². The number of likely N-dealkylation sites (N-methyl/N-ethyl adjacent to an activating group) is 1. The monoisotopic (exact) mass is 179 g/mol. The van der Waals surface area contributed by atoms with Gasteiger partial charge in [0.2, 0.25) is 0 Å². The molecule has 0 atom stereocenters. The van der Waals surface area contributed by atoms with Crippen molar-refractivity contribution >= 4 is 0 Å². The van der Waals surface area contributed by atoms with Gasteiger partial charge in [0.25, 0.3) is 0 Å². The summed E-state index contributed by atoms with van der Waals surface area (Å²) in [5.74, 6) is 0. The van der Waals surface area contributed by atoms with Crippen LogP contribution < -0.4 is 0 Å². The fraction of sp³-hybridized carbons (Fsp3) is 0.667. The normalized spacial score (nSPS) is 16.4. The van der Waals surface area contributed by atoms with E-state index in [1.54, 1.807) is 0 Å². The minimum absolute atomic E-state index is 1.12. The lowest BCUT2D eigenvalue weighted by Crippen LogP contribution is -2.22. The molecule has 0 saturated heterocycles. The zero-order chi connectivity index (χ0) is 9.52. The largest absolute Gasteiger partial charge is 0.302 e. The second-order valence-electron chi connectivity index (χ2n) is 3.85. The highest BCUT2D eigenvalue weighted by Gasteiger charge is 2.01. The third kappa shape index (κ3) is 4.28. The van der Waals surface area contributed by atoms with E-state index in [4.69, 9.17) is 0 Å². The molecule has 0 bridgehead atoms. The van der Waals surface area contributed by atoms with Gasteiger partial charge in [-0.2, -0.15) is 0 Å². The zero-order valence-corrected chi connectivity index (χ0v) is 8.92. The van der Waals surface area contributed by atoms with Gasteiger partial charge in [-0.15, -0.1) is 0 Å². The van der Waals surface area contributed by atoms with Crippen molar-refractivity contribution in [2.24, 2.45) is 0 Å². The summed E-state index contributed by atoms with van der Waals surface area (Å²) in [6, 6.07) is 0. The molecule has 0 unspecified atom stereocenters. The summed E-state index contributed by atoms with van der Waals surface area (Å²) < 4.78 is 0. The van der Waals surface area contributed by atoms with Crippen molar-refractivity contribution in [3.63, 3.8) is 0 Å². The number of unbranched alkanes of at least 4 members (excludes halogenated alkanes) is 1. The molecule has 0 heterocycles. The van der Waals surface area contributed by atoms with Crippen LogP contribution in [0.3, 0.4) is 0 Å². The van der Waals surface area contributed by atoms with Gasteiger partial charge < -0.3 is 4.90 Å². The maximum atomic E-state index is 2.41. The molecular weight excluding hydrogens is 158 g/mol. The summed E-state index contributed by atoms with van der Waals surface area (Å²) in [6.07, 6.45) is 12.0. The molecular formula is C12H21N. The molecule has 0 saturated carbocycles. The first kappa shape index (κ1) is 10.5. The van der Waals surface area contributed by atoms with E-state index in [0.717, 1.165) is 6.54 Å². The minimum atomic E-state index is 1.12. The molecule has 1 aliphatic carbocycles. The quantitative estimate of drug-likeness (QED) is 0.627. The van der Waals surface area contributed by atoms with E-state index >= 15 is 0 Å². The summed E-state index contributed by atoms with van der Waals surface area (Å²) >= 11 is 0. The van der Waals surface area contributed by atoms with E-state index < -0.39 is 0 Å². The Hall–Kier alpha value is -0.560. The summed E-state index contributed by atoms with van der Waals surface area (Å²) in [6.45, 7) is 4.59. The molecule has 0 aliphatic heterocycles. The average Bonchev–Trinajstić information content (AvgIpc) is 2.16. The van der Waals surface area contributed by atoms with Gasteiger partial charge in [0, 0.05) is 6.54 Å². The molecule has 0 aromatic heterocycles. The summed E-state index contributed by atoms with van der Waals surface area (Å²) in [5.41, 5.74) is 1.49. The Morgan fingerprint density at radius 2 is 2.23 bits per heavy atom. The highest BCUT2D eigenvalue weighted by molar-refractivity contribution is 5.23. The molecule has 1 heteroatoms. The van der Waals surface area contributed by atoms with Crippen molar-refractivity contribution in [1.82, 2.24) is 4.90 Å². The van der Waals surface area contributed by atoms with Crippen LogP contribution in [0.4, 0.5) is 0 Å². The van der Waals surface area contributed by atoms with Crippen LogP contribution in [0.2, 0.25) is 0 Å². The lowest BCUT2D eigenvalue weighted by molar-refractivity contribution is 0.356. The molecule has 0 N–H and O–H groups in total. The van der Waals surface area contributed by atoms with Crippen molar-refractivity contribution in [3.8, 4) is 0 Å². The third-order valence-electron chi connectivity index (χ3n) is 2.42. The average molecular weight is 179 g/mol. The van der Waals surface area contributed by atoms with Crippen LogP contribution in [0, 0.1) is 0 Å². The predicted octanol–water partition coefficient (Wildman–Crippen LogP) is 2.99. The number of hydrogen-bond donors (Lipinski definition) is 0. The Bertz CT molecular complexity index is 191. The van der Waals surface area contributed by atoms with E-state index in [1.807, 2.05) is 0 Å². The molecule has 1 nitrogen and oxygen atoms in total. The highest BCUT2D eigenvalue weighted by Crippen LogP contribution is 2.10. The number of hydrogen-bond acceptors (Lipinski definition) is 1. The van der Waals surface area contributed by atoms with Gasteiger partial charge in [-0.1, -0.05) is 31.6 Å². The molecule has 1 aliphatic rings. The van der Waals surface area contributed by atoms with Crippen molar-refractivity contribution in [3.05, 3.63) is 23.8 Å². The minimum Gasteiger partial charge on any atom is -0.302 e. The summed E-state index contributed by atoms with van der Waals surface area (Å²) in [5, 5.41) is 0. The van der Waals surface area contributed by atoms with E-state index in [9.17, 15) is 0 Å². The van der Waals surface area contributed by atoms with Crippen molar-refractivity contribution in [1.29, 1.82) is 0 Å². The first-order chi connectivity index (χ1) is 6.33. The van der Waals surface area contributed by atoms with Crippen molar-refractivity contribution in [2.45, 2.75) is 32.6 Å². The van der Waals surface area contributed by atoms with Crippen molar-refractivity contribution < 1.29 is 0 Å². The first-order valence-corrected chi connectivity index (χ1v) is 5.37. The number of allylic oxidation sites excluding steroid dienone is 2. The SMILES string of the molecule is CCCCN(C)CC1=CCCC=C1. The van der Waals surface area contributed by atoms with E-state index in [2.05, 4.69) is 37.1 Å². The van der Waals surface area contributed by atoms with Crippen LogP contribution in [0.5, 0.6) is 0 Å². The summed E-state index contributed by atoms with van der Waals surface area (Å²) in [4.78, 5) is 2.41. The van der Waals surface area contributed by atoms with E-state index in [-0.39, 0.29) is 0 Å². The van der Waals surface area contributed by atoms with Crippen LogP contribution in [0.1, 0.15) is 32.6 Å². The lowest BCUT2D eigenvalue weighted by Gasteiger charge is -2.17. The second kappa shape index (κ2) is 5.98. The Kier molecular flexibility index (Phi) is 4.84. The molecule has 0 aromatic carbocycles. The lowest BCUT2D eigenvalue weighted by atomic mass is 10.1. The zero-order valence-electron chi connectivity index (χ0n) is 8.92. The predicted molar refractivity (Wildman–Crippen MR) is 58.9 cm³/mol. The number of rotatable bonds is 5. The van der Waals surface area contributed by atoms with Gasteiger partial charge in [-0.25, -0.2) is 0 Å². The maximum Gasteiger partial charge on any atom is 0.0227 e. The molecule has 0 amide bonds. The molecule has 1 rings (SSSR count). The molecule has 74 valence electrons. The smallest absolute Gasteiger partial charge is 0.0227 e. The fourth-order valence-electron chi connectivity index (χ4n) is 1.60. The van der Waals surface area contributed by atoms with E-state index in [0.29, 0.717) is 0 Å². The molecule has 13 heavy (non-hydrogen) atoms. The molecule has 0 spiro atoms. The third-order valence-corrected chi connectivity index (χ3v) is 2.42. The summed E-state index contributed by atoms with van der Waals surface area (Å²) in [7, 11) is 2.21. The van der Waals surface area contributed by atoms with Gasteiger partial charge in [0.15, 0.2) is 0 Å². The number of nitrogens with zero attached hydrogens (tertiary/aromatic N) is 1. The van der Waals surface area contributed by atoms with Crippen LogP contribution in [0.25, 0.3) is 0 Å². The van der Waals surface area contributed by atoms with Crippen LogP contribution in [-0.4, -0.2) is 25.0 Å². The van der Waals surface area contributed by atoms with Gasteiger partial charge in [0.05, 0.1) is 0 Å². The van der Waals surface area contributed by atoms with Gasteiger partial charge in [0.1, 0.15) is 0 Å². The molecule has 0 aromatic rings. The van der Waals surface area contributed by atoms with Crippen molar-refractivity contribution in [2.75, 3.05) is 20.1 Å². The fourth-order valence-corrected chi connectivity index (χ4v) is 1.60. The van der Waals surface area contributed by atoms with Gasteiger partial charge in [-0.05, 0) is 38.4 Å². The van der Waals surface area contributed by atoms with Gasteiger partial charge >= 0.3 is 0 Å². The van der Waals surface area contributed by atoms with Crippen LogP contribution in [-0.2, 0) is 0 Å². The molecule has 0 fully saturated rings. The second-order valence-corrected chi connectivity index (χ2v) is 3.85. The Morgan fingerprint density at radius 3 is 2.85 bits per heavy atom. The maximum absolute atomic E-state index is 2.41. The van der Waals surface area contributed by atoms with Crippen LogP contribution >= 0.6 is 0 Å². The highest BCUT2D eigenvalue weighted by atomic mass is 15.1. The van der Waals surface area contributed by atoms with E-state index in [1.165, 1.54) is 37.8 Å². The Labute approximate surface area is 82.1 Å².